The Morgan fingerprint density at radius 3 is 2.50 bits per heavy atom. The normalized spacial score (nSPS) is 10.3. The molecule has 0 N–H and O–H groups in total. The third-order valence-electron chi connectivity index (χ3n) is 2.73. The van der Waals surface area contributed by atoms with Crippen LogP contribution in [-0.4, -0.2) is 4.98 Å². The molecule has 0 amide bonds. The summed E-state index contributed by atoms with van der Waals surface area (Å²) < 4.78 is 11.2. The number of benzene rings is 2. The summed E-state index contributed by atoms with van der Waals surface area (Å²) >= 11 is 12.0. The fourth-order valence-corrected chi connectivity index (χ4v) is 2.07. The van der Waals surface area contributed by atoms with Crippen LogP contribution in [0.2, 0.25) is 10.0 Å². The van der Waals surface area contributed by atoms with E-state index in [2.05, 4.69) is 11.1 Å². The van der Waals surface area contributed by atoms with Crippen molar-refractivity contribution in [3.05, 3.63) is 76.8 Å². The van der Waals surface area contributed by atoms with Crippen LogP contribution in [0.5, 0.6) is 23.3 Å². The Morgan fingerprint density at radius 1 is 0.864 bits per heavy atom. The van der Waals surface area contributed by atoms with Crippen LogP contribution >= 0.6 is 23.2 Å². The number of hydrogen-bond acceptors (Lipinski definition) is 3. The lowest BCUT2D eigenvalue weighted by molar-refractivity contribution is 0.425. The summed E-state index contributed by atoms with van der Waals surface area (Å²) in [6, 6.07) is 20.7. The Labute approximate surface area is 138 Å². The number of nitrogens with zero attached hydrogens (tertiary/aromatic N) is 1. The van der Waals surface area contributed by atoms with E-state index in [-0.39, 0.29) is 0 Å². The first kappa shape index (κ1) is 14.7. The topological polar surface area (TPSA) is 31.4 Å². The van der Waals surface area contributed by atoms with Crippen molar-refractivity contribution in [2.24, 2.45) is 0 Å². The Kier molecular flexibility index (Phi) is 4.47. The fraction of sp³-hybridized carbons (Fsp3) is 0. The lowest BCUT2D eigenvalue weighted by Crippen LogP contribution is -1.92. The fourth-order valence-electron chi connectivity index (χ4n) is 1.74. The highest BCUT2D eigenvalue weighted by atomic mass is 35.5. The highest BCUT2D eigenvalue weighted by Gasteiger charge is 2.08. The molecule has 0 spiro atoms. The van der Waals surface area contributed by atoms with Gasteiger partial charge in [-0.25, -0.2) is 0 Å². The van der Waals surface area contributed by atoms with Gasteiger partial charge in [0.15, 0.2) is 0 Å². The maximum absolute atomic E-state index is 6.09. The highest BCUT2D eigenvalue weighted by molar-refractivity contribution is 6.42. The molecule has 0 aliphatic rings. The number of pyridine rings is 1. The van der Waals surface area contributed by atoms with Crippen LogP contribution in [0.25, 0.3) is 0 Å². The van der Waals surface area contributed by atoms with Crippen LogP contribution in [-0.2, 0) is 0 Å². The Bertz CT molecular complexity index is 779. The van der Waals surface area contributed by atoms with E-state index in [9.17, 15) is 0 Å². The van der Waals surface area contributed by atoms with Gasteiger partial charge in [-0.2, -0.15) is 4.98 Å². The van der Waals surface area contributed by atoms with Gasteiger partial charge in [-0.05, 0) is 30.3 Å². The number of ether oxygens (including phenoxy) is 2. The molecule has 0 saturated carbocycles. The van der Waals surface area contributed by atoms with Crippen LogP contribution in [0.15, 0.2) is 60.7 Å². The van der Waals surface area contributed by atoms with E-state index >= 15 is 0 Å². The first-order valence-electron chi connectivity index (χ1n) is 6.46. The number of halogens is 2. The van der Waals surface area contributed by atoms with Crippen molar-refractivity contribution in [3.63, 3.8) is 0 Å². The van der Waals surface area contributed by atoms with Gasteiger partial charge in [-0.3, -0.25) is 0 Å². The zero-order valence-corrected chi connectivity index (χ0v) is 12.8. The zero-order chi connectivity index (χ0) is 15.4. The second kappa shape index (κ2) is 6.69. The molecular formula is C17H10Cl2NO2. The first-order valence-corrected chi connectivity index (χ1v) is 7.21. The maximum Gasteiger partial charge on any atom is 0.230 e. The largest absolute Gasteiger partial charge is 0.438 e. The molecule has 109 valence electrons. The molecular weight excluding hydrogens is 321 g/mol. The predicted octanol–water partition coefficient (Wildman–Crippen LogP) is 5.77. The van der Waals surface area contributed by atoms with Gasteiger partial charge in [0.25, 0.3) is 0 Å². The third kappa shape index (κ3) is 3.50. The van der Waals surface area contributed by atoms with Crippen molar-refractivity contribution >= 4 is 23.2 Å². The van der Waals surface area contributed by atoms with Crippen molar-refractivity contribution in [1.82, 2.24) is 4.98 Å². The molecule has 22 heavy (non-hydrogen) atoms. The molecule has 0 saturated heterocycles. The lowest BCUT2D eigenvalue weighted by atomic mass is 10.3. The van der Waals surface area contributed by atoms with Gasteiger partial charge in [0.05, 0.1) is 11.1 Å². The first-order chi connectivity index (χ1) is 10.7. The summed E-state index contributed by atoms with van der Waals surface area (Å²) in [5, 5.41) is 0.756. The van der Waals surface area contributed by atoms with E-state index in [1.54, 1.807) is 30.3 Å². The molecule has 0 atom stereocenters. The highest BCUT2D eigenvalue weighted by Crippen LogP contribution is 2.34. The molecule has 3 aromatic rings. The second-order valence-electron chi connectivity index (χ2n) is 4.30. The molecule has 0 aliphatic heterocycles. The molecule has 0 bridgehead atoms. The molecule has 0 aliphatic carbocycles. The van der Waals surface area contributed by atoms with E-state index in [1.807, 2.05) is 30.3 Å². The summed E-state index contributed by atoms with van der Waals surface area (Å²) in [4.78, 5) is 4.23. The van der Waals surface area contributed by atoms with Crippen molar-refractivity contribution in [3.8, 4) is 23.3 Å². The summed E-state index contributed by atoms with van der Waals surface area (Å²) in [6.45, 7) is 0. The van der Waals surface area contributed by atoms with Crippen LogP contribution < -0.4 is 9.47 Å². The Balaban J connectivity index is 1.81. The number of rotatable bonds is 4. The predicted molar refractivity (Wildman–Crippen MR) is 86.1 cm³/mol. The molecule has 1 aromatic heterocycles. The Hall–Kier alpha value is -2.23. The maximum atomic E-state index is 6.09. The van der Waals surface area contributed by atoms with Gasteiger partial charge in [-0.1, -0.05) is 47.5 Å². The molecule has 1 radical (unpaired) electrons. The molecule has 0 fully saturated rings. The van der Waals surface area contributed by atoms with E-state index < -0.39 is 0 Å². The van der Waals surface area contributed by atoms with Gasteiger partial charge in [-0.15, -0.1) is 0 Å². The Morgan fingerprint density at radius 2 is 1.68 bits per heavy atom. The smallest absolute Gasteiger partial charge is 0.230 e. The monoisotopic (exact) mass is 330 g/mol. The van der Waals surface area contributed by atoms with Crippen LogP contribution in [0, 0.1) is 6.07 Å². The van der Waals surface area contributed by atoms with Gasteiger partial charge in [0.1, 0.15) is 16.5 Å². The lowest BCUT2D eigenvalue weighted by Gasteiger charge is -2.09. The van der Waals surface area contributed by atoms with Gasteiger partial charge < -0.3 is 9.47 Å². The average Bonchev–Trinajstić information content (AvgIpc) is 2.53. The third-order valence-corrected chi connectivity index (χ3v) is 3.53. The second-order valence-corrected chi connectivity index (χ2v) is 5.09. The quantitative estimate of drug-likeness (QED) is 0.608. The van der Waals surface area contributed by atoms with Crippen molar-refractivity contribution in [2.75, 3.05) is 0 Å². The van der Waals surface area contributed by atoms with E-state index in [4.69, 9.17) is 32.7 Å². The summed E-state index contributed by atoms with van der Waals surface area (Å²) in [6.07, 6.45) is 0. The van der Waals surface area contributed by atoms with Crippen LogP contribution in [0.4, 0.5) is 0 Å². The molecule has 2 aromatic carbocycles. The summed E-state index contributed by atoms with van der Waals surface area (Å²) in [5.41, 5.74) is 0. The van der Waals surface area contributed by atoms with Gasteiger partial charge >= 0.3 is 0 Å². The standard InChI is InChI=1S/C17H10Cl2NO2/c18-13-8-4-9-14(17(13)19)22-16-11-5-10-15(20-16)21-12-6-2-1-3-7-12/h1-9,11H. The zero-order valence-electron chi connectivity index (χ0n) is 11.3. The molecule has 0 unspecified atom stereocenters. The number of aromatic nitrogens is 1. The van der Waals surface area contributed by atoms with Crippen molar-refractivity contribution in [1.29, 1.82) is 0 Å². The van der Waals surface area contributed by atoms with Crippen molar-refractivity contribution in [2.45, 2.75) is 0 Å². The van der Waals surface area contributed by atoms with Gasteiger partial charge in [0.2, 0.25) is 11.8 Å². The van der Waals surface area contributed by atoms with E-state index in [1.165, 1.54) is 0 Å². The minimum absolute atomic E-state index is 0.307. The van der Waals surface area contributed by atoms with Gasteiger partial charge in [0, 0.05) is 6.07 Å². The van der Waals surface area contributed by atoms with E-state index in [0.29, 0.717) is 33.3 Å². The van der Waals surface area contributed by atoms with Crippen molar-refractivity contribution < 1.29 is 9.47 Å². The van der Waals surface area contributed by atoms with Crippen LogP contribution in [0.3, 0.4) is 0 Å². The average molecular weight is 331 g/mol. The minimum atomic E-state index is 0.307. The SMILES string of the molecule is Clc1cccc(Oc2cc[c]c(Oc3ccccc3)n2)c1Cl. The summed E-state index contributed by atoms with van der Waals surface area (Å²) in [7, 11) is 0. The molecule has 3 rings (SSSR count). The molecule has 5 heteroatoms. The van der Waals surface area contributed by atoms with Crippen LogP contribution in [0.1, 0.15) is 0 Å². The molecule has 1 heterocycles. The minimum Gasteiger partial charge on any atom is -0.438 e. The molecule has 3 nitrogen and oxygen atoms in total. The van der Waals surface area contributed by atoms with E-state index in [0.717, 1.165) is 0 Å². The number of para-hydroxylation sites is 1. The summed E-state index contributed by atoms with van der Waals surface area (Å²) in [5.74, 6) is 1.75. The number of hydrogen-bond donors (Lipinski definition) is 0.